The van der Waals surface area contributed by atoms with Gasteiger partial charge in [0, 0.05) is 27.0 Å². The van der Waals surface area contributed by atoms with Crippen LogP contribution in [0, 0.1) is 0 Å². The molecule has 182 valence electrons. The molecule has 0 spiro atoms. The number of hydrogen-bond donors (Lipinski definition) is 1. The molecule has 1 N–H and O–H groups in total. The van der Waals surface area contributed by atoms with Gasteiger partial charge in [-0.1, -0.05) is 73.4 Å². The van der Waals surface area contributed by atoms with E-state index in [-0.39, 0.29) is 0 Å². The third kappa shape index (κ3) is 6.52. The fourth-order valence-corrected chi connectivity index (χ4v) is 4.55. The Morgan fingerprint density at radius 3 is 2.06 bits per heavy atom. The van der Waals surface area contributed by atoms with Gasteiger partial charge < -0.3 is 10.2 Å². The topological polar surface area (TPSA) is 41.0 Å². The Balaban J connectivity index is 1.58. The first kappa shape index (κ1) is 25.4. The van der Waals surface area contributed by atoms with Crippen molar-refractivity contribution in [1.29, 1.82) is 0 Å². The predicted molar refractivity (Wildman–Crippen MR) is 151 cm³/mol. The average Bonchev–Trinajstić information content (AvgIpc) is 2.87. The van der Waals surface area contributed by atoms with Crippen LogP contribution >= 0.6 is 23.2 Å². The molecule has 0 fully saturated rings. The maximum absolute atomic E-state index is 6.31. The number of aromatic nitrogens is 2. The summed E-state index contributed by atoms with van der Waals surface area (Å²) in [6.45, 7) is 9.95. The van der Waals surface area contributed by atoms with Gasteiger partial charge in [-0.25, -0.2) is 9.97 Å². The largest absolute Gasteiger partial charge is 0.367 e. The molecule has 1 aromatic heterocycles. The van der Waals surface area contributed by atoms with Crippen LogP contribution in [0.1, 0.15) is 33.6 Å². The molecule has 0 radical (unpaired) electrons. The van der Waals surface area contributed by atoms with Gasteiger partial charge in [0.05, 0.1) is 5.52 Å². The van der Waals surface area contributed by atoms with Crippen LogP contribution in [0.2, 0.25) is 10.0 Å². The van der Waals surface area contributed by atoms with E-state index in [9.17, 15) is 0 Å². The average molecular weight is 508 g/mol. The monoisotopic (exact) mass is 506 g/mol. The number of fused-ring (bicyclic) bond motifs is 1. The van der Waals surface area contributed by atoms with Gasteiger partial charge in [-0.2, -0.15) is 0 Å². The second-order valence-electron chi connectivity index (χ2n) is 8.86. The molecule has 0 aliphatic rings. The van der Waals surface area contributed by atoms with E-state index in [4.69, 9.17) is 33.2 Å². The lowest BCUT2D eigenvalue weighted by Gasteiger charge is -2.20. The maximum Gasteiger partial charge on any atom is 0.162 e. The van der Waals surface area contributed by atoms with Crippen molar-refractivity contribution < 1.29 is 0 Å². The Hall–Kier alpha value is -2.66. The molecule has 0 amide bonds. The highest BCUT2D eigenvalue weighted by molar-refractivity contribution is 6.31. The zero-order chi connectivity index (χ0) is 24.8. The van der Waals surface area contributed by atoms with Crippen LogP contribution in [0.15, 0.2) is 66.7 Å². The van der Waals surface area contributed by atoms with E-state index in [0.717, 1.165) is 70.9 Å². The van der Waals surface area contributed by atoms with Crippen molar-refractivity contribution in [3.05, 3.63) is 76.8 Å². The lowest BCUT2D eigenvalue weighted by molar-refractivity contribution is 0.295. The van der Waals surface area contributed by atoms with E-state index in [2.05, 4.69) is 55.3 Å². The number of anilines is 1. The highest BCUT2D eigenvalue weighted by atomic mass is 35.5. The summed E-state index contributed by atoms with van der Waals surface area (Å²) < 4.78 is 0. The number of nitrogens with one attached hydrogen (secondary N) is 1. The van der Waals surface area contributed by atoms with Crippen molar-refractivity contribution in [3.63, 3.8) is 0 Å². The van der Waals surface area contributed by atoms with Crippen molar-refractivity contribution in [1.82, 2.24) is 14.9 Å². The molecule has 0 aliphatic carbocycles. The molecule has 4 rings (SSSR count). The van der Waals surface area contributed by atoms with E-state index < -0.39 is 0 Å². The molecule has 1 unspecified atom stereocenters. The second kappa shape index (κ2) is 11.9. The van der Waals surface area contributed by atoms with Crippen LogP contribution in [-0.4, -0.2) is 40.5 Å². The Labute approximate surface area is 218 Å². The quantitative estimate of drug-likeness (QED) is 0.235. The SMILES string of the molecule is CCN(CC)CCCC(C)Nc1nc(-c2ccc(-c3ccc(Cl)cc3)cc2)nc2cc(Cl)ccc12. The van der Waals surface area contributed by atoms with Gasteiger partial charge in [0.1, 0.15) is 5.82 Å². The van der Waals surface area contributed by atoms with E-state index >= 15 is 0 Å². The first-order valence-electron chi connectivity index (χ1n) is 12.3. The highest BCUT2D eigenvalue weighted by Gasteiger charge is 2.13. The summed E-state index contributed by atoms with van der Waals surface area (Å²) in [5.41, 5.74) is 4.03. The molecule has 4 nitrogen and oxygen atoms in total. The second-order valence-corrected chi connectivity index (χ2v) is 9.73. The number of nitrogens with zero attached hydrogens (tertiary/aromatic N) is 3. The van der Waals surface area contributed by atoms with Crippen LogP contribution in [0.3, 0.4) is 0 Å². The molecule has 0 saturated heterocycles. The smallest absolute Gasteiger partial charge is 0.162 e. The molecule has 35 heavy (non-hydrogen) atoms. The summed E-state index contributed by atoms with van der Waals surface area (Å²) in [4.78, 5) is 12.2. The lowest BCUT2D eigenvalue weighted by Crippen LogP contribution is -2.25. The van der Waals surface area contributed by atoms with E-state index in [0.29, 0.717) is 16.9 Å². The molecule has 0 aliphatic heterocycles. The summed E-state index contributed by atoms with van der Waals surface area (Å²) in [6, 6.07) is 22.2. The molecule has 0 bridgehead atoms. The first-order chi connectivity index (χ1) is 17.0. The molecular weight excluding hydrogens is 475 g/mol. The van der Waals surface area contributed by atoms with Crippen LogP contribution in [0.25, 0.3) is 33.4 Å². The summed E-state index contributed by atoms with van der Waals surface area (Å²) in [7, 11) is 0. The van der Waals surface area contributed by atoms with Crippen LogP contribution in [0.4, 0.5) is 5.82 Å². The number of rotatable bonds is 10. The normalized spacial score (nSPS) is 12.3. The zero-order valence-corrected chi connectivity index (χ0v) is 22.1. The molecule has 1 atom stereocenters. The minimum Gasteiger partial charge on any atom is -0.367 e. The fourth-order valence-electron chi connectivity index (χ4n) is 4.26. The van der Waals surface area contributed by atoms with Crippen molar-refractivity contribution in [2.75, 3.05) is 25.0 Å². The Kier molecular flexibility index (Phi) is 8.61. The van der Waals surface area contributed by atoms with Crippen LogP contribution in [-0.2, 0) is 0 Å². The predicted octanol–water partition coefficient (Wildman–Crippen LogP) is 8.19. The van der Waals surface area contributed by atoms with Gasteiger partial charge in [-0.15, -0.1) is 0 Å². The van der Waals surface area contributed by atoms with E-state index in [1.165, 1.54) is 0 Å². The summed E-state index contributed by atoms with van der Waals surface area (Å²) in [6.07, 6.45) is 2.21. The molecule has 4 aromatic rings. The number of halogens is 2. The summed E-state index contributed by atoms with van der Waals surface area (Å²) in [5.74, 6) is 1.53. The fraction of sp³-hybridized carbons (Fsp3) is 0.310. The minimum atomic E-state index is 0.291. The highest BCUT2D eigenvalue weighted by Crippen LogP contribution is 2.29. The Morgan fingerprint density at radius 1 is 0.800 bits per heavy atom. The minimum absolute atomic E-state index is 0.291. The van der Waals surface area contributed by atoms with Crippen LogP contribution in [0.5, 0.6) is 0 Å². The molecule has 6 heteroatoms. The number of benzene rings is 3. The van der Waals surface area contributed by atoms with Gasteiger partial charge in [0.2, 0.25) is 0 Å². The molecule has 3 aromatic carbocycles. The Morgan fingerprint density at radius 2 is 1.40 bits per heavy atom. The van der Waals surface area contributed by atoms with Crippen molar-refractivity contribution in [2.24, 2.45) is 0 Å². The molecule has 0 saturated carbocycles. The molecule has 1 heterocycles. The number of hydrogen-bond acceptors (Lipinski definition) is 4. The first-order valence-corrected chi connectivity index (χ1v) is 13.0. The standard InChI is InChI=1S/C29H32Cl2N4/c1-4-35(5-2)18-6-7-20(3)32-29-26-17-16-25(31)19-27(26)33-28(34-29)23-10-8-21(9-11-23)22-12-14-24(30)15-13-22/h8-17,19-20H,4-7,18H2,1-3H3,(H,32,33,34). The zero-order valence-electron chi connectivity index (χ0n) is 20.6. The molecular formula is C29H32Cl2N4. The summed E-state index contributed by atoms with van der Waals surface area (Å²) in [5, 5.41) is 6.02. The van der Waals surface area contributed by atoms with E-state index in [1.807, 2.05) is 42.5 Å². The van der Waals surface area contributed by atoms with Gasteiger partial charge in [0.25, 0.3) is 0 Å². The third-order valence-corrected chi connectivity index (χ3v) is 6.86. The van der Waals surface area contributed by atoms with Gasteiger partial charge in [-0.3, -0.25) is 0 Å². The van der Waals surface area contributed by atoms with Crippen molar-refractivity contribution in [3.8, 4) is 22.5 Å². The van der Waals surface area contributed by atoms with E-state index in [1.54, 1.807) is 0 Å². The lowest BCUT2D eigenvalue weighted by atomic mass is 10.0. The van der Waals surface area contributed by atoms with Crippen LogP contribution < -0.4 is 5.32 Å². The van der Waals surface area contributed by atoms with Gasteiger partial charge in [-0.05, 0) is 80.9 Å². The van der Waals surface area contributed by atoms with Crippen molar-refractivity contribution >= 4 is 39.9 Å². The Bertz CT molecular complexity index is 1250. The van der Waals surface area contributed by atoms with Gasteiger partial charge >= 0.3 is 0 Å². The van der Waals surface area contributed by atoms with Crippen molar-refractivity contribution in [2.45, 2.75) is 39.7 Å². The summed E-state index contributed by atoms with van der Waals surface area (Å²) >= 11 is 12.3. The maximum atomic E-state index is 6.31. The third-order valence-electron chi connectivity index (χ3n) is 6.37. The van der Waals surface area contributed by atoms with Gasteiger partial charge in [0.15, 0.2) is 5.82 Å².